The summed E-state index contributed by atoms with van der Waals surface area (Å²) in [5.74, 6) is 9.36. The van der Waals surface area contributed by atoms with Gasteiger partial charge in [0.25, 0.3) is 5.91 Å². The highest BCUT2D eigenvalue weighted by Crippen LogP contribution is 2.06. The molecule has 1 aromatic carbocycles. The van der Waals surface area contributed by atoms with Gasteiger partial charge in [0.2, 0.25) is 0 Å². The Morgan fingerprint density at radius 3 is 2.38 bits per heavy atom. The van der Waals surface area contributed by atoms with Crippen LogP contribution in [0.3, 0.4) is 0 Å². The number of anilines is 1. The van der Waals surface area contributed by atoms with Crippen LogP contribution in [0.15, 0.2) is 24.3 Å². The monoisotopic (exact) mass is 175 g/mol. The van der Waals surface area contributed by atoms with Gasteiger partial charge in [0, 0.05) is 11.3 Å². The van der Waals surface area contributed by atoms with Crippen LogP contribution in [0.25, 0.3) is 0 Å². The van der Waals surface area contributed by atoms with Crippen molar-refractivity contribution in [3.63, 3.8) is 0 Å². The van der Waals surface area contributed by atoms with Gasteiger partial charge in [0.1, 0.15) is 0 Å². The maximum absolute atomic E-state index is 10.3. The molecule has 0 aliphatic carbocycles. The van der Waals surface area contributed by atoms with Crippen LogP contribution in [-0.4, -0.2) is 5.91 Å². The molecular formula is C9H9N3O. The van der Waals surface area contributed by atoms with Gasteiger partial charge < -0.3 is 11.2 Å². The highest BCUT2D eigenvalue weighted by atomic mass is 16.1. The number of nitrogens with one attached hydrogen (secondary N) is 1. The first-order valence-corrected chi connectivity index (χ1v) is 3.60. The van der Waals surface area contributed by atoms with Crippen molar-refractivity contribution in [2.24, 2.45) is 11.6 Å². The molecule has 0 aromatic heterocycles. The number of benzene rings is 1. The number of carbonyl (C=O) groups is 1. The summed E-state index contributed by atoms with van der Waals surface area (Å²) in [4.78, 5) is 10.3. The second-order valence-electron chi connectivity index (χ2n) is 2.34. The van der Waals surface area contributed by atoms with Crippen LogP contribution < -0.4 is 17.0 Å². The summed E-state index contributed by atoms with van der Waals surface area (Å²) < 4.78 is 0. The lowest BCUT2D eigenvalue weighted by atomic mass is 10.2. The van der Waals surface area contributed by atoms with Crippen molar-refractivity contribution < 1.29 is 4.79 Å². The molecule has 0 bridgehead atoms. The molecule has 0 unspecified atom stereocenters. The molecule has 0 aliphatic heterocycles. The Kier molecular flexibility index (Phi) is 2.90. The quantitative estimate of drug-likeness (QED) is 0.314. The fraction of sp³-hybridized carbons (Fsp3) is 0. The minimum atomic E-state index is -0.638. The second kappa shape index (κ2) is 4.14. The summed E-state index contributed by atoms with van der Waals surface area (Å²) in [5, 5.41) is 0. The Bertz CT molecular complexity index is 359. The summed E-state index contributed by atoms with van der Waals surface area (Å²) in [6.07, 6.45) is 0. The van der Waals surface area contributed by atoms with Gasteiger partial charge in [-0.15, -0.1) is 0 Å². The van der Waals surface area contributed by atoms with Gasteiger partial charge >= 0.3 is 0 Å². The zero-order valence-electron chi connectivity index (χ0n) is 6.87. The summed E-state index contributed by atoms with van der Waals surface area (Å²) in [7, 11) is 0. The van der Waals surface area contributed by atoms with Crippen molar-refractivity contribution in [2.45, 2.75) is 0 Å². The summed E-state index contributed by atoms with van der Waals surface area (Å²) in [5.41, 5.74) is 8.83. The molecule has 4 nitrogen and oxygen atoms in total. The van der Waals surface area contributed by atoms with Crippen LogP contribution in [0.4, 0.5) is 5.69 Å². The molecule has 1 rings (SSSR count). The summed E-state index contributed by atoms with van der Waals surface area (Å²) in [6.45, 7) is 0. The fourth-order valence-electron chi connectivity index (χ4n) is 0.784. The molecule has 0 saturated heterocycles. The van der Waals surface area contributed by atoms with E-state index in [9.17, 15) is 4.79 Å². The lowest BCUT2D eigenvalue weighted by Crippen LogP contribution is -2.06. The van der Waals surface area contributed by atoms with E-state index < -0.39 is 5.91 Å². The van der Waals surface area contributed by atoms with Crippen LogP contribution in [0, 0.1) is 11.8 Å². The van der Waals surface area contributed by atoms with Crippen LogP contribution >= 0.6 is 0 Å². The number of hydrogen-bond donors (Lipinski definition) is 3. The Morgan fingerprint density at radius 2 is 1.92 bits per heavy atom. The number of hydrogen-bond acceptors (Lipinski definition) is 3. The number of nitrogen functional groups attached to an aromatic ring is 1. The van der Waals surface area contributed by atoms with Crippen LogP contribution in [0.5, 0.6) is 0 Å². The van der Waals surface area contributed by atoms with E-state index in [-0.39, 0.29) is 0 Å². The first kappa shape index (κ1) is 9.10. The SMILES string of the molecule is NNc1ccc(C#CC(N)=O)cc1. The largest absolute Gasteiger partial charge is 0.359 e. The molecule has 0 fully saturated rings. The van der Waals surface area contributed by atoms with E-state index in [0.717, 1.165) is 11.3 Å². The zero-order valence-corrected chi connectivity index (χ0v) is 6.87. The molecule has 0 atom stereocenters. The van der Waals surface area contributed by atoms with Crippen molar-refractivity contribution in [1.29, 1.82) is 0 Å². The van der Waals surface area contributed by atoms with E-state index in [2.05, 4.69) is 17.3 Å². The fourth-order valence-corrected chi connectivity index (χ4v) is 0.784. The Hall–Kier alpha value is -1.99. The van der Waals surface area contributed by atoms with Crippen molar-refractivity contribution in [3.05, 3.63) is 29.8 Å². The number of carbonyl (C=O) groups excluding carboxylic acids is 1. The Morgan fingerprint density at radius 1 is 1.31 bits per heavy atom. The third-order valence-electron chi connectivity index (χ3n) is 1.38. The molecule has 0 heterocycles. The number of nitrogens with two attached hydrogens (primary N) is 2. The highest BCUT2D eigenvalue weighted by molar-refractivity contribution is 5.92. The predicted octanol–water partition coefficient (Wildman–Crippen LogP) is -0.191. The van der Waals surface area contributed by atoms with Gasteiger partial charge in [0.05, 0.1) is 0 Å². The number of primary amides is 1. The van der Waals surface area contributed by atoms with Gasteiger partial charge in [-0.1, -0.05) is 5.92 Å². The van der Waals surface area contributed by atoms with E-state index >= 15 is 0 Å². The predicted molar refractivity (Wildman–Crippen MR) is 50.3 cm³/mol. The van der Waals surface area contributed by atoms with E-state index in [4.69, 9.17) is 11.6 Å². The number of hydrazine groups is 1. The van der Waals surface area contributed by atoms with Crippen molar-refractivity contribution in [3.8, 4) is 11.8 Å². The molecule has 1 aromatic rings. The smallest absolute Gasteiger partial charge is 0.293 e. The Labute approximate surface area is 75.9 Å². The maximum atomic E-state index is 10.3. The average Bonchev–Trinajstić information content (AvgIpc) is 2.15. The number of amides is 1. The molecule has 66 valence electrons. The molecule has 5 N–H and O–H groups in total. The zero-order chi connectivity index (χ0) is 9.68. The molecule has 0 aliphatic rings. The average molecular weight is 175 g/mol. The molecule has 0 saturated carbocycles. The molecule has 1 amide bonds. The van der Waals surface area contributed by atoms with E-state index in [1.54, 1.807) is 24.3 Å². The van der Waals surface area contributed by atoms with Crippen molar-refractivity contribution in [2.75, 3.05) is 5.43 Å². The van der Waals surface area contributed by atoms with E-state index in [1.165, 1.54) is 0 Å². The molecule has 0 radical (unpaired) electrons. The van der Waals surface area contributed by atoms with Gasteiger partial charge in [0.15, 0.2) is 0 Å². The summed E-state index contributed by atoms with van der Waals surface area (Å²) in [6, 6.07) is 6.99. The normalized spacial score (nSPS) is 8.38. The lowest BCUT2D eigenvalue weighted by Gasteiger charge is -1.97. The van der Waals surface area contributed by atoms with E-state index in [0.29, 0.717) is 0 Å². The molecule has 13 heavy (non-hydrogen) atoms. The van der Waals surface area contributed by atoms with Gasteiger partial charge in [-0.2, -0.15) is 0 Å². The first-order valence-electron chi connectivity index (χ1n) is 3.60. The first-order chi connectivity index (χ1) is 6.22. The second-order valence-corrected chi connectivity index (χ2v) is 2.34. The Balaban J connectivity index is 2.83. The molecule has 0 spiro atoms. The topological polar surface area (TPSA) is 81.1 Å². The van der Waals surface area contributed by atoms with E-state index in [1.807, 2.05) is 0 Å². The third kappa shape index (κ3) is 2.85. The van der Waals surface area contributed by atoms with Gasteiger partial charge in [-0.05, 0) is 30.2 Å². The molecule has 4 heteroatoms. The van der Waals surface area contributed by atoms with Gasteiger partial charge in [-0.25, -0.2) is 0 Å². The lowest BCUT2D eigenvalue weighted by molar-refractivity contribution is -0.112. The van der Waals surface area contributed by atoms with Gasteiger partial charge in [-0.3, -0.25) is 10.6 Å². The van der Waals surface area contributed by atoms with Crippen LogP contribution in [0.1, 0.15) is 5.56 Å². The maximum Gasteiger partial charge on any atom is 0.293 e. The molecular weight excluding hydrogens is 166 g/mol. The summed E-state index contributed by atoms with van der Waals surface area (Å²) >= 11 is 0. The third-order valence-corrected chi connectivity index (χ3v) is 1.38. The minimum absolute atomic E-state index is 0.638. The van der Waals surface area contributed by atoms with Crippen LogP contribution in [0.2, 0.25) is 0 Å². The number of rotatable bonds is 1. The highest BCUT2D eigenvalue weighted by Gasteiger charge is 1.88. The van der Waals surface area contributed by atoms with Crippen LogP contribution in [-0.2, 0) is 4.79 Å². The van der Waals surface area contributed by atoms with Crippen molar-refractivity contribution in [1.82, 2.24) is 0 Å². The minimum Gasteiger partial charge on any atom is -0.359 e. The van der Waals surface area contributed by atoms with Crippen molar-refractivity contribution >= 4 is 11.6 Å². The standard InChI is InChI=1S/C9H9N3O/c10-9(13)6-3-7-1-4-8(12-11)5-2-7/h1-2,4-5,12H,11H2,(H2,10,13).